The maximum atomic E-state index is 3.00. The third-order valence-electron chi connectivity index (χ3n) is 1.75. The zero-order chi connectivity index (χ0) is 8.41. The van der Waals surface area contributed by atoms with Crippen LogP contribution in [0.2, 0.25) is 0 Å². The van der Waals surface area contributed by atoms with E-state index >= 15 is 0 Å². The number of hydrogen-bond donors (Lipinski definition) is 0. The number of hydrogen-bond acceptors (Lipinski definition) is 0. The van der Waals surface area contributed by atoms with E-state index in [9.17, 15) is 0 Å². The van der Waals surface area contributed by atoms with Gasteiger partial charge in [-0.3, -0.25) is 0 Å². The first-order valence-corrected chi connectivity index (χ1v) is 4.31. The maximum absolute atomic E-state index is 3.00. The van der Waals surface area contributed by atoms with Gasteiger partial charge in [-0.25, -0.2) is 0 Å². The minimum absolute atomic E-state index is 0. The Morgan fingerprint density at radius 2 is 1.73 bits per heavy atom. The SMILES string of the molecule is C=C.CCCCC(C)CC.[H-].[Na+]. The molecule has 1 atom stereocenters. The Balaban J connectivity index is -0.0000000740. The molecule has 1 unspecified atom stereocenters. The summed E-state index contributed by atoms with van der Waals surface area (Å²) in [4.78, 5) is 0. The fraction of sp³-hybridized carbons (Fsp3) is 0.800. The van der Waals surface area contributed by atoms with Crippen LogP contribution >= 0.6 is 0 Å². The first-order chi connectivity index (χ1) is 4.81. The average Bonchev–Trinajstić information content (AvgIpc) is 2.04. The van der Waals surface area contributed by atoms with Gasteiger partial charge in [0, 0.05) is 0 Å². The summed E-state index contributed by atoms with van der Waals surface area (Å²) in [5, 5.41) is 0. The standard InChI is InChI=1S/C8H18.C2H4.Na.H/c1-4-6-7-8(3)5-2;1-2;;/h8H,4-7H2,1-3H3;1-2H2;;/q;;+1;-1. The van der Waals surface area contributed by atoms with Gasteiger partial charge in [0.05, 0.1) is 0 Å². The maximum Gasteiger partial charge on any atom is 1.00 e. The molecule has 1 heteroatoms. The molecule has 0 saturated carbocycles. The molecule has 11 heavy (non-hydrogen) atoms. The van der Waals surface area contributed by atoms with Gasteiger partial charge in [0.2, 0.25) is 0 Å². The smallest absolute Gasteiger partial charge is 1.00 e. The molecule has 0 rings (SSSR count). The second kappa shape index (κ2) is 17.0. The van der Waals surface area contributed by atoms with Crippen molar-refractivity contribution in [2.24, 2.45) is 5.92 Å². The molecule has 0 amide bonds. The van der Waals surface area contributed by atoms with E-state index in [4.69, 9.17) is 0 Å². The van der Waals surface area contributed by atoms with E-state index in [2.05, 4.69) is 33.9 Å². The topological polar surface area (TPSA) is 0 Å². The molecule has 0 heterocycles. The van der Waals surface area contributed by atoms with Gasteiger partial charge in [-0.05, 0) is 5.92 Å². The molecular formula is C10H23Na. The van der Waals surface area contributed by atoms with Crippen molar-refractivity contribution in [1.82, 2.24) is 0 Å². The van der Waals surface area contributed by atoms with E-state index in [1.54, 1.807) is 0 Å². The first-order valence-electron chi connectivity index (χ1n) is 4.31. The van der Waals surface area contributed by atoms with Gasteiger partial charge in [0.1, 0.15) is 0 Å². The predicted octanol–water partition coefficient (Wildman–Crippen LogP) is 1.14. The van der Waals surface area contributed by atoms with Crippen LogP contribution in [0.15, 0.2) is 13.2 Å². The molecule has 0 aromatic heterocycles. The zero-order valence-electron chi connectivity index (χ0n) is 9.82. The minimum atomic E-state index is 0. The molecule has 0 saturated heterocycles. The Morgan fingerprint density at radius 3 is 2.00 bits per heavy atom. The Bertz CT molecular complexity index is 57.8. The van der Waals surface area contributed by atoms with Gasteiger partial charge in [0.15, 0.2) is 0 Å². The predicted molar refractivity (Wildman–Crippen MR) is 51.3 cm³/mol. The van der Waals surface area contributed by atoms with Crippen molar-refractivity contribution < 1.29 is 31.0 Å². The number of rotatable bonds is 4. The summed E-state index contributed by atoms with van der Waals surface area (Å²) < 4.78 is 0. The summed E-state index contributed by atoms with van der Waals surface area (Å²) in [6.07, 6.45) is 5.53. The Hall–Kier alpha value is 0.740. The molecule has 0 spiro atoms. The van der Waals surface area contributed by atoms with Crippen LogP contribution in [0.1, 0.15) is 47.9 Å². The molecule has 0 bridgehead atoms. The van der Waals surface area contributed by atoms with Crippen molar-refractivity contribution in [3.63, 3.8) is 0 Å². The summed E-state index contributed by atoms with van der Waals surface area (Å²) in [5.41, 5.74) is 0. The summed E-state index contributed by atoms with van der Waals surface area (Å²) in [5.74, 6) is 0.954. The average molecular weight is 166 g/mol. The van der Waals surface area contributed by atoms with E-state index in [1.165, 1.54) is 25.7 Å². The van der Waals surface area contributed by atoms with Crippen LogP contribution in [0.4, 0.5) is 0 Å². The second-order valence-corrected chi connectivity index (χ2v) is 2.66. The molecule has 0 aliphatic carbocycles. The van der Waals surface area contributed by atoms with Gasteiger partial charge in [-0.15, -0.1) is 13.2 Å². The van der Waals surface area contributed by atoms with Gasteiger partial charge in [0.25, 0.3) is 0 Å². The molecule has 0 N–H and O–H groups in total. The van der Waals surface area contributed by atoms with Crippen LogP contribution in [0.3, 0.4) is 0 Å². The Labute approximate surface area is 96.2 Å². The van der Waals surface area contributed by atoms with E-state index in [-0.39, 0.29) is 31.0 Å². The summed E-state index contributed by atoms with van der Waals surface area (Å²) in [7, 11) is 0. The van der Waals surface area contributed by atoms with Crippen LogP contribution in [0.25, 0.3) is 0 Å². The van der Waals surface area contributed by atoms with Crippen molar-refractivity contribution in [2.75, 3.05) is 0 Å². The minimum Gasteiger partial charge on any atom is -1.00 e. The van der Waals surface area contributed by atoms with E-state index < -0.39 is 0 Å². The molecule has 0 aromatic rings. The van der Waals surface area contributed by atoms with Gasteiger partial charge in [-0.2, -0.15) is 0 Å². The third-order valence-corrected chi connectivity index (χ3v) is 1.75. The third kappa shape index (κ3) is 18.1. The molecule has 0 aromatic carbocycles. The van der Waals surface area contributed by atoms with Crippen LogP contribution in [-0.4, -0.2) is 0 Å². The van der Waals surface area contributed by atoms with Crippen LogP contribution < -0.4 is 29.6 Å². The van der Waals surface area contributed by atoms with E-state index in [1.807, 2.05) is 0 Å². The van der Waals surface area contributed by atoms with Crippen molar-refractivity contribution in [3.05, 3.63) is 13.2 Å². The van der Waals surface area contributed by atoms with Crippen LogP contribution in [0, 0.1) is 5.92 Å². The van der Waals surface area contributed by atoms with Crippen LogP contribution in [0.5, 0.6) is 0 Å². The fourth-order valence-corrected chi connectivity index (χ4v) is 0.757. The Morgan fingerprint density at radius 1 is 1.27 bits per heavy atom. The molecular weight excluding hydrogens is 143 g/mol. The van der Waals surface area contributed by atoms with E-state index in [0.717, 1.165) is 5.92 Å². The fourth-order valence-electron chi connectivity index (χ4n) is 0.757. The molecule has 0 aliphatic heterocycles. The van der Waals surface area contributed by atoms with Crippen molar-refractivity contribution in [1.29, 1.82) is 0 Å². The molecule has 0 radical (unpaired) electrons. The second-order valence-electron chi connectivity index (χ2n) is 2.66. The van der Waals surface area contributed by atoms with Crippen molar-refractivity contribution >= 4 is 0 Å². The quantitative estimate of drug-likeness (QED) is 0.434. The monoisotopic (exact) mass is 166 g/mol. The van der Waals surface area contributed by atoms with Crippen LogP contribution in [-0.2, 0) is 0 Å². The molecule has 0 aliphatic rings. The molecule has 0 nitrogen and oxygen atoms in total. The normalized spacial score (nSPS) is 10.5. The molecule has 0 fully saturated rings. The Kier molecular flexibility index (Phi) is 27.4. The van der Waals surface area contributed by atoms with Gasteiger partial charge in [-0.1, -0.05) is 46.5 Å². The summed E-state index contributed by atoms with van der Waals surface area (Å²) in [6, 6.07) is 0. The summed E-state index contributed by atoms with van der Waals surface area (Å²) in [6.45, 7) is 12.8. The van der Waals surface area contributed by atoms with Gasteiger partial charge >= 0.3 is 29.6 Å². The van der Waals surface area contributed by atoms with E-state index in [0.29, 0.717) is 0 Å². The van der Waals surface area contributed by atoms with Crippen molar-refractivity contribution in [3.8, 4) is 0 Å². The molecule has 64 valence electrons. The van der Waals surface area contributed by atoms with Crippen molar-refractivity contribution in [2.45, 2.75) is 46.5 Å². The summed E-state index contributed by atoms with van der Waals surface area (Å²) >= 11 is 0. The number of unbranched alkanes of at least 4 members (excludes halogenated alkanes) is 1. The largest absolute Gasteiger partial charge is 1.00 e. The first kappa shape index (κ1) is 17.7. The zero-order valence-corrected chi connectivity index (χ0v) is 10.8. The van der Waals surface area contributed by atoms with Gasteiger partial charge < -0.3 is 1.43 Å².